The van der Waals surface area contributed by atoms with Gasteiger partial charge in [-0.05, 0) is 31.4 Å². The summed E-state index contributed by atoms with van der Waals surface area (Å²) in [7, 11) is -3.23. The van der Waals surface area contributed by atoms with Crippen LogP contribution in [0.4, 0.5) is 5.69 Å². The number of hydrogen-bond acceptors (Lipinski definition) is 4. The van der Waals surface area contributed by atoms with E-state index in [4.69, 9.17) is 0 Å². The van der Waals surface area contributed by atoms with E-state index >= 15 is 0 Å². The fourth-order valence-corrected chi connectivity index (χ4v) is 3.63. The number of likely N-dealkylation sites (tertiary alicyclic amines) is 1. The van der Waals surface area contributed by atoms with Crippen LogP contribution < -0.4 is 10.0 Å². The highest BCUT2D eigenvalue weighted by Crippen LogP contribution is 2.14. The molecule has 2 rings (SSSR count). The Labute approximate surface area is 138 Å². The van der Waals surface area contributed by atoms with Gasteiger partial charge in [-0.15, -0.1) is 0 Å². The molecule has 1 aliphatic heterocycles. The van der Waals surface area contributed by atoms with Crippen LogP contribution in [0, 0.1) is 6.92 Å². The second kappa shape index (κ2) is 7.79. The van der Waals surface area contributed by atoms with Crippen molar-refractivity contribution in [2.24, 2.45) is 0 Å². The summed E-state index contributed by atoms with van der Waals surface area (Å²) in [6.45, 7) is 3.75. The van der Waals surface area contributed by atoms with E-state index in [0.29, 0.717) is 26.1 Å². The van der Waals surface area contributed by atoms with Crippen LogP contribution in [-0.4, -0.2) is 51.2 Å². The maximum atomic E-state index is 12.3. The maximum Gasteiger partial charge on any atom is 0.224 e. The van der Waals surface area contributed by atoms with Crippen LogP contribution in [0.5, 0.6) is 0 Å². The third-order valence-electron chi connectivity index (χ3n) is 3.95. The van der Waals surface area contributed by atoms with Crippen LogP contribution in [0.2, 0.25) is 0 Å². The summed E-state index contributed by atoms with van der Waals surface area (Å²) in [5.74, 6) is 0.0612. The topological polar surface area (TPSA) is 78.5 Å². The van der Waals surface area contributed by atoms with Crippen molar-refractivity contribution in [1.82, 2.24) is 9.62 Å². The van der Waals surface area contributed by atoms with Gasteiger partial charge in [0.25, 0.3) is 0 Å². The van der Waals surface area contributed by atoms with Gasteiger partial charge in [0.05, 0.1) is 6.26 Å². The number of amides is 1. The number of sulfonamides is 1. The van der Waals surface area contributed by atoms with Crippen molar-refractivity contribution in [1.29, 1.82) is 0 Å². The standard InChI is InChI=1S/C16H25N3O3S/c1-13-6-3-4-8-15(13)17-10-9-16(20)19-11-5-7-14(12-19)18-23(2,21)22/h3-4,6,8,14,17-18H,5,7,9-12H2,1-2H3/t14-/m0/s1. The lowest BCUT2D eigenvalue weighted by atomic mass is 10.1. The summed E-state index contributed by atoms with van der Waals surface area (Å²) >= 11 is 0. The number of rotatable bonds is 6. The summed E-state index contributed by atoms with van der Waals surface area (Å²) in [4.78, 5) is 14.0. The number of carbonyl (C=O) groups is 1. The largest absolute Gasteiger partial charge is 0.384 e. The molecule has 1 aromatic carbocycles. The van der Waals surface area contributed by atoms with Gasteiger partial charge in [-0.2, -0.15) is 0 Å². The van der Waals surface area contributed by atoms with E-state index in [-0.39, 0.29) is 11.9 Å². The molecular weight excluding hydrogens is 314 g/mol. The van der Waals surface area contributed by atoms with Gasteiger partial charge in [0.1, 0.15) is 0 Å². The van der Waals surface area contributed by atoms with Gasteiger partial charge in [0.2, 0.25) is 15.9 Å². The van der Waals surface area contributed by atoms with Gasteiger partial charge in [0, 0.05) is 37.8 Å². The number of piperidine rings is 1. The first-order chi connectivity index (χ1) is 10.8. The molecule has 128 valence electrons. The van der Waals surface area contributed by atoms with E-state index in [9.17, 15) is 13.2 Å². The maximum absolute atomic E-state index is 12.3. The average Bonchev–Trinajstić information content (AvgIpc) is 2.47. The van der Waals surface area contributed by atoms with Crippen molar-refractivity contribution in [3.05, 3.63) is 29.8 Å². The third kappa shape index (κ3) is 5.84. The van der Waals surface area contributed by atoms with E-state index in [2.05, 4.69) is 10.0 Å². The van der Waals surface area contributed by atoms with Gasteiger partial charge in [-0.25, -0.2) is 13.1 Å². The van der Waals surface area contributed by atoms with Gasteiger partial charge < -0.3 is 10.2 Å². The van der Waals surface area contributed by atoms with Crippen LogP contribution >= 0.6 is 0 Å². The number of hydrogen-bond donors (Lipinski definition) is 2. The molecule has 0 aliphatic carbocycles. The molecule has 1 heterocycles. The Bertz CT molecular complexity index is 646. The molecule has 1 saturated heterocycles. The molecule has 7 heteroatoms. The molecule has 6 nitrogen and oxygen atoms in total. The first-order valence-corrected chi connectivity index (χ1v) is 9.79. The molecule has 1 atom stereocenters. The van der Waals surface area contributed by atoms with E-state index < -0.39 is 10.0 Å². The third-order valence-corrected chi connectivity index (χ3v) is 4.72. The van der Waals surface area contributed by atoms with Gasteiger partial charge >= 0.3 is 0 Å². The Morgan fingerprint density at radius 2 is 2.09 bits per heavy atom. The zero-order valence-electron chi connectivity index (χ0n) is 13.7. The minimum atomic E-state index is -3.23. The SMILES string of the molecule is Cc1ccccc1NCCC(=O)N1CCC[C@H](NS(C)(=O)=O)C1. The van der Waals surface area contributed by atoms with Crippen LogP contribution in [0.3, 0.4) is 0 Å². The number of nitrogens with zero attached hydrogens (tertiary/aromatic N) is 1. The van der Waals surface area contributed by atoms with Crippen molar-refractivity contribution in [3.63, 3.8) is 0 Å². The molecule has 0 bridgehead atoms. The molecule has 0 saturated carbocycles. The molecule has 1 aliphatic rings. The number of carbonyl (C=O) groups excluding carboxylic acids is 1. The Hall–Kier alpha value is -1.60. The predicted molar refractivity (Wildman–Crippen MR) is 91.9 cm³/mol. The Morgan fingerprint density at radius 1 is 1.35 bits per heavy atom. The zero-order valence-corrected chi connectivity index (χ0v) is 14.5. The van der Waals surface area contributed by atoms with Crippen molar-refractivity contribution < 1.29 is 13.2 Å². The van der Waals surface area contributed by atoms with E-state index in [1.54, 1.807) is 4.90 Å². The Kier molecular flexibility index (Phi) is 6.01. The van der Waals surface area contributed by atoms with Crippen LogP contribution in [0.15, 0.2) is 24.3 Å². The van der Waals surface area contributed by atoms with Crippen molar-refractivity contribution in [3.8, 4) is 0 Å². The summed E-state index contributed by atoms with van der Waals surface area (Å²) in [5, 5.41) is 3.27. The van der Waals surface area contributed by atoms with Crippen LogP contribution in [0.1, 0.15) is 24.8 Å². The predicted octanol–water partition coefficient (Wildman–Crippen LogP) is 1.34. The minimum absolute atomic E-state index is 0.0612. The molecule has 23 heavy (non-hydrogen) atoms. The molecule has 1 amide bonds. The number of para-hydroxylation sites is 1. The Morgan fingerprint density at radius 3 is 2.78 bits per heavy atom. The fraction of sp³-hybridized carbons (Fsp3) is 0.562. The number of anilines is 1. The quantitative estimate of drug-likeness (QED) is 0.820. The molecule has 0 spiro atoms. The van der Waals surface area contributed by atoms with Crippen molar-refractivity contribution in [2.75, 3.05) is 31.2 Å². The lowest BCUT2D eigenvalue weighted by Gasteiger charge is -2.32. The molecule has 0 unspecified atom stereocenters. The highest BCUT2D eigenvalue weighted by molar-refractivity contribution is 7.88. The molecule has 2 N–H and O–H groups in total. The monoisotopic (exact) mass is 339 g/mol. The zero-order chi connectivity index (χ0) is 16.9. The van der Waals surface area contributed by atoms with E-state index in [1.165, 1.54) is 0 Å². The molecule has 0 aromatic heterocycles. The lowest BCUT2D eigenvalue weighted by molar-refractivity contribution is -0.132. The highest BCUT2D eigenvalue weighted by Gasteiger charge is 2.25. The van der Waals surface area contributed by atoms with Crippen LogP contribution in [0.25, 0.3) is 0 Å². The summed E-state index contributed by atoms with van der Waals surface area (Å²) in [6, 6.07) is 7.78. The second-order valence-electron chi connectivity index (χ2n) is 6.06. The smallest absolute Gasteiger partial charge is 0.224 e. The number of nitrogens with one attached hydrogen (secondary N) is 2. The van der Waals surface area contributed by atoms with Crippen molar-refractivity contribution in [2.45, 2.75) is 32.2 Å². The van der Waals surface area contributed by atoms with Crippen LogP contribution in [-0.2, 0) is 14.8 Å². The normalized spacial score (nSPS) is 18.7. The van der Waals surface area contributed by atoms with E-state index in [0.717, 1.165) is 30.3 Å². The lowest BCUT2D eigenvalue weighted by Crippen LogP contribution is -2.49. The summed E-state index contributed by atoms with van der Waals surface area (Å²) in [6.07, 6.45) is 3.16. The fourth-order valence-electron chi connectivity index (χ4n) is 2.84. The first-order valence-electron chi connectivity index (χ1n) is 7.90. The summed E-state index contributed by atoms with van der Waals surface area (Å²) in [5.41, 5.74) is 2.19. The minimum Gasteiger partial charge on any atom is -0.384 e. The van der Waals surface area contributed by atoms with Crippen molar-refractivity contribution >= 4 is 21.6 Å². The molecule has 1 aromatic rings. The Balaban J connectivity index is 1.80. The second-order valence-corrected chi connectivity index (χ2v) is 7.84. The first kappa shape index (κ1) is 17.7. The molecule has 0 radical (unpaired) electrons. The van der Waals surface area contributed by atoms with Gasteiger partial charge in [-0.1, -0.05) is 18.2 Å². The molecule has 1 fully saturated rings. The number of aryl methyl sites for hydroxylation is 1. The van der Waals surface area contributed by atoms with E-state index in [1.807, 2.05) is 31.2 Å². The highest BCUT2D eigenvalue weighted by atomic mass is 32.2. The number of benzene rings is 1. The molecular formula is C16H25N3O3S. The summed E-state index contributed by atoms with van der Waals surface area (Å²) < 4.78 is 25.2. The van der Waals surface area contributed by atoms with Gasteiger partial charge in [-0.3, -0.25) is 4.79 Å². The average molecular weight is 339 g/mol. The van der Waals surface area contributed by atoms with Gasteiger partial charge in [0.15, 0.2) is 0 Å².